The highest BCUT2D eigenvalue weighted by Crippen LogP contribution is 2.14. The number of rotatable bonds is 10. The Morgan fingerprint density at radius 1 is 1.41 bits per heavy atom. The van der Waals surface area contributed by atoms with Crippen molar-refractivity contribution in [3.8, 4) is 0 Å². The molecule has 3 heteroatoms. The summed E-state index contributed by atoms with van der Waals surface area (Å²) in [4.78, 5) is 1.50. The van der Waals surface area contributed by atoms with Gasteiger partial charge in [-0.3, -0.25) is 0 Å². The zero-order valence-electron chi connectivity index (χ0n) is 11.1. The Morgan fingerprint density at radius 2 is 2.29 bits per heavy atom. The van der Waals surface area contributed by atoms with Gasteiger partial charge in [-0.2, -0.15) is 0 Å². The van der Waals surface area contributed by atoms with E-state index in [1.165, 1.54) is 30.6 Å². The summed E-state index contributed by atoms with van der Waals surface area (Å²) in [6.45, 7) is 4.23. The fraction of sp³-hybridized carbons (Fsp3) is 0.714. The van der Waals surface area contributed by atoms with E-state index in [1.807, 2.05) is 11.3 Å². The number of thiophene rings is 1. The lowest BCUT2D eigenvalue weighted by molar-refractivity contribution is 0.188. The molecule has 1 aromatic rings. The van der Waals surface area contributed by atoms with Crippen molar-refractivity contribution in [2.75, 3.05) is 20.3 Å². The molecule has 98 valence electrons. The normalized spacial score (nSPS) is 12.8. The third-order valence-electron chi connectivity index (χ3n) is 2.90. The summed E-state index contributed by atoms with van der Waals surface area (Å²) in [6, 6.07) is 5.02. The van der Waals surface area contributed by atoms with Crippen LogP contribution in [0.4, 0.5) is 0 Å². The Bertz CT molecular complexity index is 261. The van der Waals surface area contributed by atoms with E-state index in [0.717, 1.165) is 19.6 Å². The fourth-order valence-corrected chi connectivity index (χ4v) is 2.67. The Kier molecular flexibility index (Phi) is 8.32. The van der Waals surface area contributed by atoms with Gasteiger partial charge in [-0.15, -0.1) is 11.3 Å². The molecular weight excluding hydrogens is 230 g/mol. The average Bonchev–Trinajstić information content (AvgIpc) is 2.85. The first kappa shape index (κ1) is 14.7. The predicted octanol–water partition coefficient (Wildman–Crippen LogP) is 3.48. The van der Waals surface area contributed by atoms with Crippen molar-refractivity contribution >= 4 is 11.3 Å². The van der Waals surface area contributed by atoms with Crippen LogP contribution in [0.15, 0.2) is 17.5 Å². The second-order valence-corrected chi connectivity index (χ2v) is 5.44. The van der Waals surface area contributed by atoms with Gasteiger partial charge in [0, 0.05) is 24.6 Å². The van der Waals surface area contributed by atoms with E-state index in [2.05, 4.69) is 29.8 Å². The van der Waals surface area contributed by atoms with Gasteiger partial charge in [-0.05, 0) is 50.1 Å². The van der Waals surface area contributed by atoms with Crippen molar-refractivity contribution < 1.29 is 4.74 Å². The average molecular weight is 255 g/mol. The minimum absolute atomic E-state index is 0.646. The van der Waals surface area contributed by atoms with Crippen LogP contribution >= 0.6 is 11.3 Å². The molecule has 1 N–H and O–H groups in total. The smallest absolute Gasteiger partial charge is 0.0462 e. The van der Waals surface area contributed by atoms with Crippen LogP contribution in [0.1, 0.15) is 37.5 Å². The van der Waals surface area contributed by atoms with Gasteiger partial charge in [0.15, 0.2) is 0 Å². The lowest BCUT2D eigenvalue weighted by Gasteiger charge is -2.18. The lowest BCUT2D eigenvalue weighted by atomic mass is 10.1. The Balaban J connectivity index is 2.23. The van der Waals surface area contributed by atoms with Gasteiger partial charge in [0.25, 0.3) is 0 Å². The molecule has 0 saturated carbocycles. The highest BCUT2D eigenvalue weighted by atomic mass is 32.1. The van der Waals surface area contributed by atoms with Gasteiger partial charge in [-0.1, -0.05) is 13.0 Å². The SMILES string of the molecule is CCCNC(CCCOC)CCc1cccs1. The molecule has 2 nitrogen and oxygen atoms in total. The summed E-state index contributed by atoms with van der Waals surface area (Å²) >= 11 is 1.86. The summed E-state index contributed by atoms with van der Waals surface area (Å²) in [5.41, 5.74) is 0. The molecule has 0 aliphatic carbocycles. The molecule has 0 aliphatic heterocycles. The molecule has 0 radical (unpaired) electrons. The molecule has 0 amide bonds. The summed E-state index contributed by atoms with van der Waals surface area (Å²) in [6.07, 6.45) is 6.03. The van der Waals surface area contributed by atoms with Crippen molar-refractivity contribution in [2.24, 2.45) is 0 Å². The van der Waals surface area contributed by atoms with E-state index < -0.39 is 0 Å². The zero-order valence-corrected chi connectivity index (χ0v) is 11.9. The molecular formula is C14H25NOS. The first-order valence-corrected chi connectivity index (χ1v) is 7.49. The van der Waals surface area contributed by atoms with Crippen molar-refractivity contribution in [1.82, 2.24) is 5.32 Å². The molecule has 17 heavy (non-hydrogen) atoms. The minimum atomic E-state index is 0.646. The highest BCUT2D eigenvalue weighted by molar-refractivity contribution is 7.09. The number of ether oxygens (including phenoxy) is 1. The number of hydrogen-bond donors (Lipinski definition) is 1. The second kappa shape index (κ2) is 9.63. The summed E-state index contributed by atoms with van der Waals surface area (Å²) in [5, 5.41) is 5.80. The van der Waals surface area contributed by atoms with Crippen LogP contribution in [0.5, 0.6) is 0 Å². The molecule has 1 unspecified atom stereocenters. The minimum Gasteiger partial charge on any atom is -0.385 e. The maximum absolute atomic E-state index is 5.12. The van der Waals surface area contributed by atoms with Gasteiger partial charge in [0.1, 0.15) is 0 Å². The topological polar surface area (TPSA) is 21.3 Å². The van der Waals surface area contributed by atoms with Gasteiger partial charge in [0.2, 0.25) is 0 Å². The zero-order chi connectivity index (χ0) is 12.3. The van der Waals surface area contributed by atoms with Crippen LogP contribution in [-0.2, 0) is 11.2 Å². The van der Waals surface area contributed by atoms with Gasteiger partial charge in [0.05, 0.1) is 0 Å². The second-order valence-electron chi connectivity index (χ2n) is 4.40. The number of hydrogen-bond acceptors (Lipinski definition) is 3. The van der Waals surface area contributed by atoms with E-state index in [1.54, 1.807) is 7.11 Å². The molecule has 0 saturated heterocycles. The molecule has 0 spiro atoms. The largest absolute Gasteiger partial charge is 0.385 e. The number of nitrogens with one attached hydrogen (secondary N) is 1. The molecule has 1 aromatic heterocycles. The quantitative estimate of drug-likeness (QED) is 0.646. The van der Waals surface area contributed by atoms with Crippen LogP contribution in [-0.4, -0.2) is 26.3 Å². The molecule has 1 rings (SSSR count). The van der Waals surface area contributed by atoms with E-state index >= 15 is 0 Å². The van der Waals surface area contributed by atoms with E-state index in [9.17, 15) is 0 Å². The van der Waals surface area contributed by atoms with Crippen LogP contribution < -0.4 is 5.32 Å². The highest BCUT2D eigenvalue weighted by Gasteiger charge is 2.08. The van der Waals surface area contributed by atoms with Crippen LogP contribution in [0.25, 0.3) is 0 Å². The molecule has 0 aliphatic rings. The first-order chi connectivity index (χ1) is 8.36. The Labute approximate surface area is 109 Å². The lowest BCUT2D eigenvalue weighted by Crippen LogP contribution is -2.30. The molecule has 1 atom stereocenters. The van der Waals surface area contributed by atoms with Crippen molar-refractivity contribution in [2.45, 2.75) is 45.1 Å². The summed E-state index contributed by atoms with van der Waals surface area (Å²) in [5.74, 6) is 0. The van der Waals surface area contributed by atoms with Crippen molar-refractivity contribution in [3.63, 3.8) is 0 Å². The standard InChI is InChI=1S/C14H25NOS/c1-3-10-15-13(6-4-11-16-2)8-9-14-7-5-12-17-14/h5,7,12-13,15H,3-4,6,8-11H2,1-2H3. The van der Waals surface area contributed by atoms with E-state index in [4.69, 9.17) is 4.74 Å². The summed E-state index contributed by atoms with van der Waals surface area (Å²) in [7, 11) is 1.78. The molecule has 0 fully saturated rings. The third-order valence-corrected chi connectivity index (χ3v) is 3.84. The monoisotopic (exact) mass is 255 g/mol. The van der Waals surface area contributed by atoms with Gasteiger partial charge >= 0.3 is 0 Å². The van der Waals surface area contributed by atoms with Crippen LogP contribution in [0.3, 0.4) is 0 Å². The molecule has 1 heterocycles. The maximum Gasteiger partial charge on any atom is 0.0462 e. The molecule has 0 bridgehead atoms. The molecule has 0 aromatic carbocycles. The van der Waals surface area contributed by atoms with Gasteiger partial charge in [-0.25, -0.2) is 0 Å². The predicted molar refractivity (Wildman–Crippen MR) is 75.8 cm³/mol. The van der Waals surface area contributed by atoms with Crippen LogP contribution in [0.2, 0.25) is 0 Å². The maximum atomic E-state index is 5.12. The van der Waals surface area contributed by atoms with Crippen molar-refractivity contribution in [1.29, 1.82) is 0 Å². The Hall–Kier alpha value is -0.380. The van der Waals surface area contributed by atoms with E-state index in [-0.39, 0.29) is 0 Å². The third kappa shape index (κ3) is 6.81. The van der Waals surface area contributed by atoms with Crippen LogP contribution in [0, 0.1) is 0 Å². The van der Waals surface area contributed by atoms with Gasteiger partial charge < -0.3 is 10.1 Å². The fourth-order valence-electron chi connectivity index (χ4n) is 1.94. The first-order valence-electron chi connectivity index (χ1n) is 6.61. The van der Waals surface area contributed by atoms with E-state index in [0.29, 0.717) is 6.04 Å². The number of aryl methyl sites for hydroxylation is 1. The van der Waals surface area contributed by atoms with Crippen molar-refractivity contribution in [3.05, 3.63) is 22.4 Å². The number of methoxy groups -OCH3 is 1. The summed E-state index contributed by atoms with van der Waals surface area (Å²) < 4.78 is 5.12. The Morgan fingerprint density at radius 3 is 2.94 bits per heavy atom.